The number of hydrogen-bond acceptors (Lipinski definition) is 4. The van der Waals surface area contributed by atoms with Crippen LogP contribution in [0.3, 0.4) is 0 Å². The molecule has 3 aromatic carbocycles. The second kappa shape index (κ2) is 11.3. The van der Waals surface area contributed by atoms with Gasteiger partial charge in [-0.15, -0.1) is 0 Å². The zero-order valence-corrected chi connectivity index (χ0v) is 21.6. The number of halogens is 3. The lowest BCUT2D eigenvalue weighted by Gasteiger charge is -2.30. The summed E-state index contributed by atoms with van der Waals surface area (Å²) < 4.78 is 29.6. The highest BCUT2D eigenvalue weighted by Crippen LogP contribution is 2.34. The highest BCUT2D eigenvalue weighted by Gasteiger charge is 2.29. The van der Waals surface area contributed by atoms with Crippen molar-refractivity contribution in [2.45, 2.75) is 25.6 Å². The second-order valence-electron chi connectivity index (χ2n) is 8.69. The number of amides is 1. The first-order valence-corrected chi connectivity index (χ1v) is 11.9. The highest BCUT2D eigenvalue weighted by molar-refractivity contribution is 7.59. The smallest absolute Gasteiger partial charge is 0.240 e. The van der Waals surface area contributed by atoms with E-state index >= 15 is 0 Å². The summed E-state index contributed by atoms with van der Waals surface area (Å²) in [5, 5.41) is 3.26. The van der Waals surface area contributed by atoms with E-state index in [2.05, 4.69) is 5.32 Å². The molecule has 192 valence electrons. The van der Waals surface area contributed by atoms with E-state index in [0.717, 1.165) is 5.56 Å². The van der Waals surface area contributed by atoms with Crippen LogP contribution in [-0.2, 0) is 24.3 Å². The van der Waals surface area contributed by atoms with Crippen molar-refractivity contribution in [1.29, 1.82) is 0 Å². The third-order valence-electron chi connectivity index (χ3n) is 6.20. The molecule has 6 nitrogen and oxygen atoms in total. The number of carbonyl (C=O) groups is 1. The van der Waals surface area contributed by atoms with Crippen LogP contribution in [0.4, 0.5) is 20.3 Å². The van der Waals surface area contributed by atoms with Gasteiger partial charge in [0.05, 0.1) is 17.6 Å². The number of rotatable bonds is 6. The Balaban J connectivity index is 0.00000320. The molecule has 0 unspecified atom stereocenters. The van der Waals surface area contributed by atoms with Gasteiger partial charge < -0.3 is 20.5 Å². The number of carbonyl (C=O) groups excluding carboxylic acids is 1. The Hall–Kier alpha value is -3.40. The summed E-state index contributed by atoms with van der Waals surface area (Å²) >= 11 is 5.84. The molecule has 0 aliphatic carbocycles. The molecule has 3 N–H and O–H groups in total. The lowest BCUT2D eigenvalue weighted by Crippen LogP contribution is -2.47. The third-order valence-corrected chi connectivity index (χ3v) is 6.51. The van der Waals surface area contributed by atoms with Crippen molar-refractivity contribution in [3.63, 3.8) is 0 Å². The van der Waals surface area contributed by atoms with E-state index in [1.54, 1.807) is 23.1 Å². The summed E-state index contributed by atoms with van der Waals surface area (Å²) in [5.41, 5.74) is 9.01. The molecule has 0 bridgehead atoms. The number of nitrogens with one attached hydrogen (secondary N) is 1. The van der Waals surface area contributed by atoms with Gasteiger partial charge in [-0.05, 0) is 54.4 Å². The molecule has 1 aromatic heterocycles. The van der Waals surface area contributed by atoms with Crippen molar-refractivity contribution >= 4 is 42.5 Å². The van der Waals surface area contributed by atoms with E-state index in [1.165, 1.54) is 24.3 Å². The van der Waals surface area contributed by atoms with Gasteiger partial charge in [-0.2, -0.15) is 13.5 Å². The summed E-state index contributed by atoms with van der Waals surface area (Å²) in [5.74, 6) is 0.219. The number of hydrogen-bond donors (Lipinski definition) is 2. The molecule has 1 amide bonds. The predicted octanol–water partition coefficient (Wildman–Crippen LogP) is 5.25. The quantitative estimate of drug-likeness (QED) is 0.349. The van der Waals surface area contributed by atoms with Crippen LogP contribution in [-0.4, -0.2) is 32.9 Å². The molecule has 0 radical (unpaired) electrons. The SMILES string of the molecule is N[C@@H](Cc1ccccc1)C(=O)N1CCn2c(nc(-c3ccc(F)cc3)c2Nc2ccc(Cl)c(F)c2)C1.S. The fourth-order valence-corrected chi connectivity index (χ4v) is 4.47. The molecule has 0 spiro atoms. The van der Waals surface area contributed by atoms with Gasteiger partial charge in [0.25, 0.3) is 0 Å². The van der Waals surface area contributed by atoms with Crippen LogP contribution >= 0.6 is 25.1 Å². The first kappa shape index (κ1) is 26.7. The number of aromatic nitrogens is 2. The Morgan fingerprint density at radius 2 is 1.78 bits per heavy atom. The second-order valence-corrected chi connectivity index (χ2v) is 9.10. The van der Waals surface area contributed by atoms with Gasteiger partial charge in [0, 0.05) is 24.3 Å². The van der Waals surface area contributed by atoms with E-state index in [9.17, 15) is 13.6 Å². The average molecular weight is 542 g/mol. The molecule has 37 heavy (non-hydrogen) atoms. The van der Waals surface area contributed by atoms with Crippen LogP contribution in [0.5, 0.6) is 0 Å². The third kappa shape index (κ3) is 5.79. The zero-order chi connectivity index (χ0) is 25.2. The topological polar surface area (TPSA) is 76.2 Å². The molecule has 2 heterocycles. The van der Waals surface area contributed by atoms with Gasteiger partial charge in [0.1, 0.15) is 29.0 Å². The Morgan fingerprint density at radius 3 is 2.49 bits per heavy atom. The standard InChI is InChI=1S/C27H24ClF2N5O.H2S/c28-21-11-10-20(15-22(21)30)32-26-25(18-6-8-19(29)9-7-18)33-24-16-34(12-13-35(24)26)27(36)23(31)14-17-4-2-1-3-5-17;/h1-11,15,23,32H,12-14,16,31H2;1H2/t23-;/m0./s1. The number of anilines is 2. The van der Waals surface area contributed by atoms with Gasteiger partial charge in [-0.25, -0.2) is 13.8 Å². The summed E-state index contributed by atoms with van der Waals surface area (Å²) in [7, 11) is 0. The summed E-state index contributed by atoms with van der Waals surface area (Å²) in [6.07, 6.45) is 0.445. The van der Waals surface area contributed by atoms with Crippen molar-refractivity contribution in [2.24, 2.45) is 5.73 Å². The van der Waals surface area contributed by atoms with Gasteiger partial charge >= 0.3 is 0 Å². The van der Waals surface area contributed by atoms with Gasteiger partial charge in [-0.3, -0.25) is 4.79 Å². The Labute approximate surface area is 225 Å². The number of fused-ring (bicyclic) bond motifs is 1. The Bertz CT molecular complexity index is 1400. The molecule has 1 atom stereocenters. The largest absolute Gasteiger partial charge is 0.340 e. The van der Waals surface area contributed by atoms with Crippen molar-refractivity contribution in [3.05, 3.63) is 101 Å². The molecule has 0 saturated heterocycles. The first-order chi connectivity index (χ1) is 17.4. The maximum absolute atomic E-state index is 14.1. The molecule has 1 aliphatic heterocycles. The van der Waals surface area contributed by atoms with Crippen LogP contribution in [0.25, 0.3) is 11.3 Å². The van der Waals surface area contributed by atoms with Crippen molar-refractivity contribution < 1.29 is 13.6 Å². The maximum atomic E-state index is 14.1. The van der Waals surface area contributed by atoms with E-state index in [1.807, 2.05) is 34.9 Å². The number of imidazole rings is 1. The molecule has 4 aromatic rings. The molecule has 0 fully saturated rings. The lowest BCUT2D eigenvalue weighted by atomic mass is 10.1. The Morgan fingerprint density at radius 1 is 1.05 bits per heavy atom. The summed E-state index contributed by atoms with van der Waals surface area (Å²) in [4.78, 5) is 19.6. The van der Waals surface area contributed by atoms with E-state index in [0.29, 0.717) is 48.1 Å². The number of nitrogens with zero attached hydrogens (tertiary/aromatic N) is 3. The molecule has 1 aliphatic rings. The minimum atomic E-state index is -0.667. The minimum absolute atomic E-state index is 0. The molecule has 0 saturated carbocycles. The normalized spacial score (nSPS) is 13.5. The van der Waals surface area contributed by atoms with Gasteiger partial charge in [-0.1, -0.05) is 41.9 Å². The van der Waals surface area contributed by atoms with Crippen molar-refractivity contribution in [3.8, 4) is 11.3 Å². The lowest BCUT2D eigenvalue weighted by molar-refractivity contribution is -0.134. The highest BCUT2D eigenvalue weighted by atomic mass is 35.5. The van der Waals surface area contributed by atoms with E-state index in [4.69, 9.17) is 22.3 Å². The van der Waals surface area contributed by atoms with Crippen LogP contribution in [0.1, 0.15) is 11.4 Å². The minimum Gasteiger partial charge on any atom is -0.340 e. The maximum Gasteiger partial charge on any atom is 0.240 e. The molecular weight excluding hydrogens is 516 g/mol. The number of benzene rings is 3. The first-order valence-electron chi connectivity index (χ1n) is 11.5. The van der Waals surface area contributed by atoms with E-state index < -0.39 is 11.9 Å². The monoisotopic (exact) mass is 541 g/mol. The van der Waals surface area contributed by atoms with Crippen LogP contribution in [0.15, 0.2) is 72.8 Å². The average Bonchev–Trinajstić information content (AvgIpc) is 3.24. The molecule has 10 heteroatoms. The molecule has 5 rings (SSSR count). The fourth-order valence-electron chi connectivity index (χ4n) is 4.36. The van der Waals surface area contributed by atoms with Crippen LogP contribution in [0.2, 0.25) is 5.02 Å². The Kier molecular flexibility index (Phi) is 8.16. The number of nitrogens with two attached hydrogens (primary N) is 1. The van der Waals surface area contributed by atoms with Crippen molar-refractivity contribution in [2.75, 3.05) is 11.9 Å². The van der Waals surface area contributed by atoms with Gasteiger partial charge in [0.2, 0.25) is 5.91 Å². The zero-order valence-electron chi connectivity index (χ0n) is 19.8. The van der Waals surface area contributed by atoms with E-state index in [-0.39, 0.29) is 36.8 Å². The van der Waals surface area contributed by atoms with Crippen LogP contribution in [0, 0.1) is 11.6 Å². The summed E-state index contributed by atoms with van der Waals surface area (Å²) in [6, 6.07) is 19.4. The predicted molar refractivity (Wildman–Crippen MR) is 146 cm³/mol. The van der Waals surface area contributed by atoms with Crippen molar-refractivity contribution in [1.82, 2.24) is 14.5 Å². The molecular formula is C27H26ClF2N5OS. The fraction of sp³-hybridized carbons (Fsp3) is 0.185. The van der Waals surface area contributed by atoms with Gasteiger partial charge in [0.15, 0.2) is 0 Å². The van der Waals surface area contributed by atoms with Crippen LogP contribution < -0.4 is 11.1 Å². The summed E-state index contributed by atoms with van der Waals surface area (Å²) in [6.45, 7) is 1.18.